The highest BCUT2D eigenvalue weighted by Crippen LogP contribution is 2.33. The molecule has 0 saturated carbocycles. The van der Waals surface area contributed by atoms with E-state index in [0.717, 1.165) is 45.2 Å². The lowest BCUT2D eigenvalue weighted by atomic mass is 9.89. The van der Waals surface area contributed by atoms with E-state index >= 15 is 0 Å². The first-order valence-corrected chi connectivity index (χ1v) is 8.94. The fourth-order valence-electron chi connectivity index (χ4n) is 3.06. The fraction of sp³-hybridized carbons (Fsp3) is 0.650. The number of carbonyl (C=O) groups excluding carboxylic acids is 1. The van der Waals surface area contributed by atoms with E-state index in [1.54, 1.807) is 0 Å². The van der Waals surface area contributed by atoms with E-state index in [4.69, 9.17) is 4.74 Å². The molecule has 0 spiro atoms. The second-order valence-electron chi connectivity index (χ2n) is 7.76. The topological polar surface area (TPSA) is 29.5 Å². The Morgan fingerprint density at radius 1 is 1.26 bits per heavy atom. The Kier molecular flexibility index (Phi) is 6.09. The number of fused-ring (bicyclic) bond motifs is 1. The summed E-state index contributed by atoms with van der Waals surface area (Å²) in [6.07, 6.45) is 4.82. The van der Waals surface area contributed by atoms with Crippen molar-refractivity contribution >= 4 is 6.09 Å². The zero-order chi connectivity index (χ0) is 16.9. The van der Waals surface area contributed by atoms with Gasteiger partial charge in [-0.2, -0.15) is 0 Å². The molecule has 2 rings (SSSR count). The summed E-state index contributed by atoms with van der Waals surface area (Å²) < 4.78 is 5.88. The van der Waals surface area contributed by atoms with E-state index in [1.807, 2.05) is 11.0 Å². The Hall–Kier alpha value is -1.51. The molecule has 0 aliphatic heterocycles. The maximum atomic E-state index is 12.6. The average Bonchev–Trinajstić information content (AvgIpc) is 2.51. The van der Waals surface area contributed by atoms with Crippen LogP contribution in [0.1, 0.15) is 70.6 Å². The molecule has 23 heavy (non-hydrogen) atoms. The van der Waals surface area contributed by atoms with Crippen molar-refractivity contribution in [3.8, 4) is 0 Å². The van der Waals surface area contributed by atoms with E-state index in [2.05, 4.69) is 45.9 Å². The van der Waals surface area contributed by atoms with Gasteiger partial charge in [0.15, 0.2) is 0 Å². The van der Waals surface area contributed by atoms with Crippen molar-refractivity contribution in [3.63, 3.8) is 0 Å². The number of carbonyl (C=O) groups is 1. The third-order valence-corrected chi connectivity index (χ3v) is 4.44. The maximum Gasteiger partial charge on any atom is 0.410 e. The van der Waals surface area contributed by atoms with E-state index in [0.29, 0.717) is 0 Å². The van der Waals surface area contributed by atoms with E-state index in [-0.39, 0.29) is 17.6 Å². The molecule has 0 aromatic heterocycles. The summed E-state index contributed by atoms with van der Waals surface area (Å²) in [6.45, 7) is 10.3. The van der Waals surface area contributed by atoms with E-state index in [9.17, 15) is 4.79 Å². The third-order valence-electron chi connectivity index (χ3n) is 4.44. The molecule has 0 heterocycles. The van der Waals surface area contributed by atoms with Crippen LogP contribution in [0.15, 0.2) is 24.3 Å². The molecular formula is C20H31NO2. The lowest BCUT2D eigenvalue weighted by Crippen LogP contribution is -2.36. The van der Waals surface area contributed by atoms with E-state index < -0.39 is 0 Å². The van der Waals surface area contributed by atoms with Gasteiger partial charge in [-0.3, -0.25) is 0 Å². The Labute approximate surface area is 141 Å². The van der Waals surface area contributed by atoms with Gasteiger partial charge >= 0.3 is 6.09 Å². The molecule has 0 N–H and O–H groups in total. The molecule has 0 fully saturated rings. The highest BCUT2D eigenvalue weighted by molar-refractivity contribution is 5.68. The summed E-state index contributed by atoms with van der Waals surface area (Å²) >= 11 is 0. The highest BCUT2D eigenvalue weighted by Gasteiger charge is 2.26. The SMILES string of the molecule is CCCN(CCC(C)(C)C)C(=O)OC1CCCc2ccccc21. The zero-order valence-electron chi connectivity index (χ0n) is 15.1. The first-order valence-electron chi connectivity index (χ1n) is 8.94. The second kappa shape index (κ2) is 7.85. The molecule has 0 radical (unpaired) electrons. The summed E-state index contributed by atoms with van der Waals surface area (Å²) in [5.74, 6) is 0. The van der Waals surface area contributed by atoms with Crippen LogP contribution < -0.4 is 0 Å². The summed E-state index contributed by atoms with van der Waals surface area (Å²) in [7, 11) is 0. The van der Waals surface area contributed by atoms with Gasteiger partial charge in [0.1, 0.15) is 6.10 Å². The van der Waals surface area contributed by atoms with Crippen LogP contribution in [0.25, 0.3) is 0 Å². The van der Waals surface area contributed by atoms with Crippen molar-refractivity contribution in [3.05, 3.63) is 35.4 Å². The minimum absolute atomic E-state index is 0.0820. The first-order chi connectivity index (χ1) is 10.9. The van der Waals surface area contributed by atoms with Crippen LogP contribution in [-0.4, -0.2) is 24.1 Å². The van der Waals surface area contributed by atoms with Crippen LogP contribution in [0.3, 0.4) is 0 Å². The monoisotopic (exact) mass is 317 g/mol. The molecule has 1 aliphatic rings. The number of hydrogen-bond donors (Lipinski definition) is 0. The number of nitrogens with zero attached hydrogens (tertiary/aromatic N) is 1. The van der Waals surface area contributed by atoms with Crippen molar-refractivity contribution in [1.29, 1.82) is 0 Å². The Morgan fingerprint density at radius 2 is 2.00 bits per heavy atom. The third kappa shape index (κ3) is 5.26. The Balaban J connectivity index is 2.01. The number of ether oxygens (including phenoxy) is 1. The van der Waals surface area contributed by atoms with Crippen LogP contribution in [0.2, 0.25) is 0 Å². The summed E-state index contributed by atoms with van der Waals surface area (Å²) in [5, 5.41) is 0. The zero-order valence-corrected chi connectivity index (χ0v) is 15.1. The minimum Gasteiger partial charge on any atom is -0.441 e. The lowest BCUT2D eigenvalue weighted by Gasteiger charge is -2.30. The first kappa shape index (κ1) is 17.8. The maximum absolute atomic E-state index is 12.6. The van der Waals surface area contributed by atoms with Crippen molar-refractivity contribution in [2.45, 2.75) is 65.9 Å². The molecule has 1 atom stereocenters. The van der Waals surface area contributed by atoms with Gasteiger partial charge in [0.25, 0.3) is 0 Å². The predicted molar refractivity (Wildman–Crippen MR) is 94.5 cm³/mol. The van der Waals surface area contributed by atoms with Gasteiger partial charge in [0, 0.05) is 13.1 Å². The van der Waals surface area contributed by atoms with Crippen molar-refractivity contribution in [2.24, 2.45) is 5.41 Å². The largest absolute Gasteiger partial charge is 0.441 e. The summed E-state index contributed by atoms with van der Waals surface area (Å²) in [4.78, 5) is 14.5. The number of hydrogen-bond acceptors (Lipinski definition) is 2. The number of benzene rings is 1. The Morgan fingerprint density at radius 3 is 2.70 bits per heavy atom. The molecule has 0 saturated heterocycles. The van der Waals surface area contributed by atoms with Gasteiger partial charge < -0.3 is 9.64 Å². The number of rotatable bonds is 5. The molecule has 1 aliphatic carbocycles. The predicted octanol–water partition coefficient (Wildman–Crippen LogP) is 5.35. The van der Waals surface area contributed by atoms with E-state index in [1.165, 1.54) is 11.1 Å². The molecule has 3 heteroatoms. The molecule has 1 amide bonds. The van der Waals surface area contributed by atoms with Crippen LogP contribution in [-0.2, 0) is 11.2 Å². The fourth-order valence-corrected chi connectivity index (χ4v) is 3.06. The van der Waals surface area contributed by atoms with Crippen LogP contribution in [0.5, 0.6) is 0 Å². The standard InChI is InChI=1S/C20H31NO2/c1-5-14-21(15-13-20(2,3)4)19(22)23-18-12-8-10-16-9-6-7-11-17(16)18/h6-7,9,11,18H,5,8,10,12-15H2,1-4H3. The van der Waals surface area contributed by atoms with Crippen molar-refractivity contribution < 1.29 is 9.53 Å². The van der Waals surface area contributed by atoms with Gasteiger partial charge in [-0.05, 0) is 48.6 Å². The molecule has 1 aromatic rings. The molecule has 1 unspecified atom stereocenters. The van der Waals surface area contributed by atoms with Gasteiger partial charge in [-0.25, -0.2) is 4.79 Å². The van der Waals surface area contributed by atoms with Crippen molar-refractivity contribution in [1.82, 2.24) is 4.90 Å². The van der Waals surface area contributed by atoms with Crippen LogP contribution in [0, 0.1) is 5.41 Å². The average molecular weight is 317 g/mol. The van der Waals surface area contributed by atoms with Crippen LogP contribution in [0.4, 0.5) is 4.79 Å². The van der Waals surface area contributed by atoms with Gasteiger partial charge in [0.05, 0.1) is 0 Å². The molecule has 3 nitrogen and oxygen atoms in total. The normalized spacial score (nSPS) is 17.5. The number of amides is 1. The van der Waals surface area contributed by atoms with Crippen molar-refractivity contribution in [2.75, 3.05) is 13.1 Å². The molecule has 0 bridgehead atoms. The van der Waals surface area contributed by atoms with Crippen LogP contribution >= 0.6 is 0 Å². The summed E-state index contributed by atoms with van der Waals surface area (Å²) in [6, 6.07) is 8.36. The van der Waals surface area contributed by atoms with Gasteiger partial charge in [-0.15, -0.1) is 0 Å². The lowest BCUT2D eigenvalue weighted by molar-refractivity contribution is 0.0520. The molecular weight excluding hydrogens is 286 g/mol. The summed E-state index contributed by atoms with van der Waals surface area (Å²) in [5.41, 5.74) is 2.75. The number of aryl methyl sites for hydroxylation is 1. The molecule has 1 aromatic carbocycles. The minimum atomic E-state index is -0.155. The second-order valence-corrected chi connectivity index (χ2v) is 7.76. The quantitative estimate of drug-likeness (QED) is 0.732. The molecule has 128 valence electrons. The smallest absolute Gasteiger partial charge is 0.410 e. The highest BCUT2D eigenvalue weighted by atomic mass is 16.6. The van der Waals surface area contributed by atoms with Gasteiger partial charge in [-0.1, -0.05) is 52.0 Å². The van der Waals surface area contributed by atoms with Gasteiger partial charge in [0.2, 0.25) is 0 Å². The Bertz CT molecular complexity index is 519.